The number of aliphatic imine (C=N–C) groups is 1. The van der Waals surface area contributed by atoms with E-state index in [1.54, 1.807) is 18.4 Å². The van der Waals surface area contributed by atoms with Crippen molar-refractivity contribution in [2.45, 2.75) is 38.7 Å². The van der Waals surface area contributed by atoms with Gasteiger partial charge in [0.25, 0.3) is 0 Å². The Labute approximate surface area is 159 Å². The number of guanidine groups is 1. The molecule has 26 heavy (non-hydrogen) atoms. The SMILES string of the molecule is CN=C(NCCc1csc(C)n1)NCCS(=O)(=O)NCC1CCCCO1. The number of ether oxygens (including phenoxy) is 1. The lowest BCUT2D eigenvalue weighted by Crippen LogP contribution is -2.43. The molecule has 0 amide bonds. The molecule has 1 saturated heterocycles. The van der Waals surface area contributed by atoms with Crippen LogP contribution in [0.5, 0.6) is 0 Å². The van der Waals surface area contributed by atoms with Crippen LogP contribution in [0, 0.1) is 6.92 Å². The van der Waals surface area contributed by atoms with Crippen molar-refractivity contribution in [1.82, 2.24) is 20.3 Å². The van der Waals surface area contributed by atoms with E-state index in [0.29, 0.717) is 19.0 Å². The lowest BCUT2D eigenvalue weighted by Gasteiger charge is -2.22. The highest BCUT2D eigenvalue weighted by atomic mass is 32.2. The standard InChI is InChI=1S/C16H29N5O3S2/c1-13-21-14(12-25-13)6-7-18-16(17-2)19-8-10-26(22,23)20-11-15-5-3-4-9-24-15/h12,15,20H,3-11H2,1-2H3,(H2,17,18,19). The number of thiazole rings is 1. The summed E-state index contributed by atoms with van der Waals surface area (Å²) < 4.78 is 32.3. The molecule has 0 spiro atoms. The summed E-state index contributed by atoms with van der Waals surface area (Å²) in [4.78, 5) is 8.51. The second-order valence-electron chi connectivity index (χ2n) is 6.19. The van der Waals surface area contributed by atoms with E-state index in [0.717, 1.165) is 43.0 Å². The van der Waals surface area contributed by atoms with Crippen LogP contribution in [-0.2, 0) is 21.2 Å². The molecule has 0 aromatic carbocycles. The van der Waals surface area contributed by atoms with Gasteiger partial charge in [-0.3, -0.25) is 4.99 Å². The Balaban J connectivity index is 1.62. The Bertz CT molecular complexity index is 669. The Morgan fingerprint density at radius 1 is 1.38 bits per heavy atom. The maximum atomic E-state index is 12.1. The zero-order chi connectivity index (χ0) is 18.8. The van der Waals surface area contributed by atoms with Crippen molar-refractivity contribution in [3.8, 4) is 0 Å². The van der Waals surface area contributed by atoms with E-state index >= 15 is 0 Å². The van der Waals surface area contributed by atoms with Crippen LogP contribution >= 0.6 is 11.3 Å². The first-order valence-electron chi connectivity index (χ1n) is 8.93. The number of rotatable bonds is 9. The van der Waals surface area contributed by atoms with Gasteiger partial charge >= 0.3 is 0 Å². The first kappa shape index (κ1) is 21.1. The number of sulfonamides is 1. The molecule has 1 aliphatic heterocycles. The number of aromatic nitrogens is 1. The van der Waals surface area contributed by atoms with Gasteiger partial charge in [-0.2, -0.15) is 0 Å². The van der Waals surface area contributed by atoms with E-state index < -0.39 is 10.0 Å². The second-order valence-corrected chi connectivity index (χ2v) is 9.18. The topological polar surface area (TPSA) is 105 Å². The minimum atomic E-state index is -3.33. The van der Waals surface area contributed by atoms with Gasteiger partial charge in [-0.25, -0.2) is 18.1 Å². The molecule has 148 valence electrons. The molecule has 10 heteroatoms. The highest BCUT2D eigenvalue weighted by Gasteiger charge is 2.17. The van der Waals surface area contributed by atoms with Gasteiger partial charge in [0.05, 0.1) is 22.6 Å². The largest absolute Gasteiger partial charge is 0.377 e. The summed E-state index contributed by atoms with van der Waals surface area (Å²) in [5.74, 6) is 0.578. The van der Waals surface area contributed by atoms with Crippen LogP contribution in [0.25, 0.3) is 0 Å². The molecule has 0 bridgehead atoms. The van der Waals surface area contributed by atoms with Crippen molar-refractivity contribution in [1.29, 1.82) is 0 Å². The Morgan fingerprint density at radius 2 is 2.19 bits per heavy atom. The second kappa shape index (κ2) is 10.8. The quantitative estimate of drug-likeness (QED) is 0.413. The fourth-order valence-corrected chi connectivity index (χ4v) is 4.22. The molecule has 0 saturated carbocycles. The van der Waals surface area contributed by atoms with E-state index in [4.69, 9.17) is 4.74 Å². The predicted molar refractivity (Wildman–Crippen MR) is 105 cm³/mol. The van der Waals surface area contributed by atoms with Gasteiger partial charge < -0.3 is 15.4 Å². The maximum absolute atomic E-state index is 12.1. The van der Waals surface area contributed by atoms with Gasteiger partial charge in [0.15, 0.2) is 5.96 Å². The summed E-state index contributed by atoms with van der Waals surface area (Å²) in [6.45, 7) is 4.03. The van der Waals surface area contributed by atoms with Gasteiger partial charge in [0, 0.05) is 45.1 Å². The lowest BCUT2D eigenvalue weighted by atomic mass is 10.1. The molecule has 2 heterocycles. The van der Waals surface area contributed by atoms with Crippen molar-refractivity contribution in [3.63, 3.8) is 0 Å². The van der Waals surface area contributed by atoms with Crippen molar-refractivity contribution in [2.75, 3.05) is 39.0 Å². The molecule has 2 rings (SSSR count). The summed E-state index contributed by atoms with van der Waals surface area (Å²) in [6.07, 6.45) is 3.86. The Kier molecular flexibility index (Phi) is 8.76. The number of nitrogens with zero attached hydrogens (tertiary/aromatic N) is 2. The van der Waals surface area contributed by atoms with Crippen molar-refractivity contribution >= 4 is 27.3 Å². The van der Waals surface area contributed by atoms with Crippen molar-refractivity contribution in [3.05, 3.63) is 16.1 Å². The molecule has 0 radical (unpaired) electrons. The smallest absolute Gasteiger partial charge is 0.213 e. The zero-order valence-corrected chi connectivity index (χ0v) is 17.1. The van der Waals surface area contributed by atoms with Gasteiger partial charge in [-0.15, -0.1) is 11.3 Å². The summed E-state index contributed by atoms with van der Waals surface area (Å²) in [7, 11) is -1.67. The van der Waals surface area contributed by atoms with Crippen molar-refractivity contribution < 1.29 is 13.2 Å². The van der Waals surface area contributed by atoms with E-state index in [1.165, 1.54) is 0 Å². The molecular weight excluding hydrogens is 374 g/mol. The van der Waals surface area contributed by atoms with E-state index in [9.17, 15) is 8.42 Å². The van der Waals surface area contributed by atoms with Crippen molar-refractivity contribution in [2.24, 2.45) is 4.99 Å². The highest BCUT2D eigenvalue weighted by molar-refractivity contribution is 7.89. The summed E-state index contributed by atoms with van der Waals surface area (Å²) in [5.41, 5.74) is 1.05. The van der Waals surface area contributed by atoms with Crippen LogP contribution in [0.1, 0.15) is 30.0 Å². The highest BCUT2D eigenvalue weighted by Crippen LogP contribution is 2.11. The monoisotopic (exact) mass is 403 g/mol. The molecule has 3 N–H and O–H groups in total. The molecule has 0 aliphatic carbocycles. The normalized spacial score (nSPS) is 18.7. The number of hydrogen-bond donors (Lipinski definition) is 3. The number of aryl methyl sites for hydroxylation is 1. The van der Waals surface area contributed by atoms with Crippen LogP contribution in [0.2, 0.25) is 0 Å². The maximum Gasteiger partial charge on any atom is 0.213 e. The molecule has 1 aromatic heterocycles. The number of hydrogen-bond acceptors (Lipinski definition) is 6. The third-order valence-electron chi connectivity index (χ3n) is 4.03. The van der Waals surface area contributed by atoms with Gasteiger partial charge in [0.2, 0.25) is 10.0 Å². The molecule has 1 aliphatic rings. The lowest BCUT2D eigenvalue weighted by molar-refractivity contribution is 0.0200. The summed E-state index contributed by atoms with van der Waals surface area (Å²) >= 11 is 1.63. The summed E-state index contributed by atoms with van der Waals surface area (Å²) in [5, 5.41) is 9.29. The average Bonchev–Trinajstić information content (AvgIpc) is 3.05. The van der Waals surface area contributed by atoms with Crippen LogP contribution < -0.4 is 15.4 Å². The first-order chi connectivity index (χ1) is 12.5. The molecule has 1 unspecified atom stereocenters. The average molecular weight is 404 g/mol. The molecular formula is C16H29N5O3S2. The summed E-state index contributed by atoms with van der Waals surface area (Å²) in [6, 6.07) is 0. The van der Waals surface area contributed by atoms with E-state index in [1.807, 2.05) is 12.3 Å². The molecule has 1 atom stereocenters. The first-order valence-corrected chi connectivity index (χ1v) is 11.5. The third kappa shape index (κ3) is 7.98. The Hall–Kier alpha value is -1.23. The van der Waals surface area contributed by atoms with Gasteiger partial charge in [-0.1, -0.05) is 0 Å². The minimum Gasteiger partial charge on any atom is -0.377 e. The fourth-order valence-electron chi connectivity index (χ4n) is 2.62. The number of nitrogens with one attached hydrogen (secondary N) is 3. The zero-order valence-electron chi connectivity index (χ0n) is 15.5. The van der Waals surface area contributed by atoms with Gasteiger partial charge in [0.1, 0.15) is 0 Å². The van der Waals surface area contributed by atoms with Gasteiger partial charge in [-0.05, 0) is 26.2 Å². The van der Waals surface area contributed by atoms with Crippen LogP contribution in [0.15, 0.2) is 10.4 Å². The predicted octanol–water partition coefficient (Wildman–Crippen LogP) is 0.648. The van der Waals surface area contributed by atoms with Crippen LogP contribution in [0.3, 0.4) is 0 Å². The molecule has 1 fully saturated rings. The van der Waals surface area contributed by atoms with E-state index in [-0.39, 0.29) is 18.4 Å². The molecule has 1 aromatic rings. The van der Waals surface area contributed by atoms with Crippen LogP contribution in [-0.4, -0.2) is 64.5 Å². The van der Waals surface area contributed by atoms with Crippen LogP contribution in [0.4, 0.5) is 0 Å². The minimum absolute atomic E-state index is 0.00438. The Morgan fingerprint density at radius 3 is 2.85 bits per heavy atom. The third-order valence-corrected chi connectivity index (χ3v) is 6.20. The fraction of sp³-hybridized carbons (Fsp3) is 0.750. The van der Waals surface area contributed by atoms with E-state index in [2.05, 4.69) is 25.3 Å². The molecule has 8 nitrogen and oxygen atoms in total.